The number of benzene rings is 2. The molecule has 1 aliphatic rings. The molecule has 1 heterocycles. The predicted octanol–water partition coefficient (Wildman–Crippen LogP) is 5.54. The van der Waals surface area contributed by atoms with Gasteiger partial charge in [-0.05, 0) is 54.8 Å². The number of nitrogens with zero attached hydrogens (tertiary/aromatic N) is 2. The highest BCUT2D eigenvalue weighted by molar-refractivity contribution is 8.93. The van der Waals surface area contributed by atoms with Gasteiger partial charge in [0.25, 0.3) is 0 Å². The van der Waals surface area contributed by atoms with Gasteiger partial charge in [-0.3, -0.25) is 9.79 Å². The zero-order chi connectivity index (χ0) is 18.5. The van der Waals surface area contributed by atoms with Crippen molar-refractivity contribution in [3.8, 4) is 0 Å². The lowest BCUT2D eigenvalue weighted by Crippen LogP contribution is -2.33. The number of rotatable bonds is 6. The molecule has 0 amide bonds. The number of amidine groups is 1. The van der Waals surface area contributed by atoms with E-state index in [0.29, 0.717) is 11.6 Å². The van der Waals surface area contributed by atoms with Crippen LogP contribution in [-0.2, 0) is 6.42 Å². The lowest BCUT2D eigenvalue weighted by molar-refractivity contribution is 0.100. The van der Waals surface area contributed by atoms with E-state index >= 15 is 0 Å². The van der Waals surface area contributed by atoms with Crippen LogP contribution in [0.1, 0.15) is 36.2 Å². The number of carbonyl (C=O) groups is 1. The first-order valence-corrected chi connectivity index (χ1v) is 9.95. The molecule has 1 unspecified atom stereocenters. The average Bonchev–Trinajstić information content (AvgIpc) is 3.15. The zero-order valence-corrected chi connectivity index (χ0v) is 18.1. The van der Waals surface area contributed by atoms with Gasteiger partial charge in [0.2, 0.25) is 0 Å². The van der Waals surface area contributed by atoms with Crippen molar-refractivity contribution >= 4 is 45.4 Å². The number of anilines is 1. The predicted molar refractivity (Wildman–Crippen MR) is 118 cm³/mol. The molecule has 3 nitrogen and oxygen atoms in total. The first-order chi connectivity index (χ1) is 12.6. The van der Waals surface area contributed by atoms with E-state index < -0.39 is 0 Å². The van der Waals surface area contributed by atoms with Crippen LogP contribution < -0.4 is 4.90 Å². The molecule has 0 aromatic heterocycles. The van der Waals surface area contributed by atoms with Crippen molar-refractivity contribution < 1.29 is 9.18 Å². The summed E-state index contributed by atoms with van der Waals surface area (Å²) in [5.41, 5.74) is 2.73. The fourth-order valence-electron chi connectivity index (χ4n) is 2.81. The maximum absolute atomic E-state index is 13.1. The maximum atomic E-state index is 13.1. The molecule has 0 aliphatic carbocycles. The summed E-state index contributed by atoms with van der Waals surface area (Å²) in [5, 5.41) is 0.886. The Morgan fingerprint density at radius 2 is 1.81 bits per heavy atom. The number of carbonyl (C=O) groups excluding carboxylic acids is 1. The van der Waals surface area contributed by atoms with Gasteiger partial charge < -0.3 is 4.90 Å². The molecule has 3 rings (SSSR count). The minimum absolute atomic E-state index is 0. The molecular weight excluding hydrogens is 427 g/mol. The van der Waals surface area contributed by atoms with Gasteiger partial charge in [0, 0.05) is 17.0 Å². The molecule has 0 fully saturated rings. The van der Waals surface area contributed by atoms with E-state index in [4.69, 9.17) is 4.99 Å². The summed E-state index contributed by atoms with van der Waals surface area (Å²) in [4.78, 5) is 19.5. The van der Waals surface area contributed by atoms with Crippen molar-refractivity contribution in [2.75, 3.05) is 17.2 Å². The molecule has 6 heteroatoms. The quantitative estimate of drug-likeness (QED) is 0.541. The van der Waals surface area contributed by atoms with Crippen molar-refractivity contribution in [2.45, 2.75) is 32.7 Å². The smallest absolute Gasteiger partial charge is 0.182 e. The standard InChI is InChI=1S/C21H23FN2OS.BrH/c1-3-15-5-11-19(12-6-15)24(21-23-18(4-2)14-26-21)13-20(25)16-7-9-17(22)10-8-16;/h5-12,18H,3-4,13-14H2,1-2H3;1H. The number of hydrogen-bond acceptors (Lipinski definition) is 4. The number of hydrogen-bond donors (Lipinski definition) is 0. The summed E-state index contributed by atoms with van der Waals surface area (Å²) in [5.74, 6) is 0.558. The largest absolute Gasteiger partial charge is 0.313 e. The Morgan fingerprint density at radius 3 is 2.37 bits per heavy atom. The van der Waals surface area contributed by atoms with Gasteiger partial charge in [0.05, 0.1) is 12.6 Å². The maximum Gasteiger partial charge on any atom is 0.182 e. The molecule has 144 valence electrons. The Kier molecular flexibility index (Phi) is 8.05. The van der Waals surface area contributed by atoms with Crippen LogP contribution in [0.4, 0.5) is 10.1 Å². The van der Waals surface area contributed by atoms with Crippen molar-refractivity contribution in [1.29, 1.82) is 0 Å². The summed E-state index contributed by atoms with van der Waals surface area (Å²) in [6, 6.07) is 14.3. The normalized spacial score (nSPS) is 15.8. The molecule has 0 saturated carbocycles. The second-order valence-corrected chi connectivity index (χ2v) is 7.31. The molecule has 0 N–H and O–H groups in total. The minimum atomic E-state index is -0.338. The summed E-state index contributed by atoms with van der Waals surface area (Å²) >= 11 is 1.69. The van der Waals surface area contributed by atoms with Gasteiger partial charge in [0.1, 0.15) is 5.82 Å². The van der Waals surface area contributed by atoms with E-state index in [1.54, 1.807) is 11.8 Å². The molecular formula is C21H24BrFN2OS. The number of aryl methyl sites for hydroxylation is 1. The topological polar surface area (TPSA) is 32.7 Å². The SMILES string of the molecule is Br.CCc1ccc(N(CC(=O)c2ccc(F)cc2)C2=NC(CC)CS2)cc1. The van der Waals surface area contributed by atoms with E-state index in [9.17, 15) is 9.18 Å². The molecule has 0 spiro atoms. The monoisotopic (exact) mass is 450 g/mol. The van der Waals surface area contributed by atoms with Gasteiger partial charge in [-0.25, -0.2) is 4.39 Å². The third-order valence-electron chi connectivity index (χ3n) is 4.52. The van der Waals surface area contributed by atoms with Crippen LogP contribution >= 0.6 is 28.7 Å². The third kappa shape index (κ3) is 5.42. The highest BCUT2D eigenvalue weighted by Gasteiger charge is 2.25. The van der Waals surface area contributed by atoms with Crippen LogP contribution in [0, 0.1) is 5.82 Å². The summed E-state index contributed by atoms with van der Waals surface area (Å²) < 4.78 is 13.1. The molecule has 1 atom stereocenters. The number of Topliss-reactive ketones (excluding diaryl/α,β-unsaturated/α-hetero) is 1. The second-order valence-electron chi connectivity index (χ2n) is 6.32. The van der Waals surface area contributed by atoms with E-state index in [1.165, 1.54) is 29.8 Å². The molecule has 1 aliphatic heterocycles. The molecule has 2 aromatic rings. The first-order valence-electron chi connectivity index (χ1n) is 8.96. The molecule has 0 bridgehead atoms. The van der Waals surface area contributed by atoms with Crippen molar-refractivity contribution in [3.05, 3.63) is 65.5 Å². The Hall–Kier alpha value is -1.66. The fraction of sp³-hybridized carbons (Fsp3) is 0.333. The Morgan fingerprint density at radius 1 is 1.15 bits per heavy atom. The van der Waals surface area contributed by atoms with E-state index in [2.05, 4.69) is 26.0 Å². The van der Waals surface area contributed by atoms with Crippen molar-refractivity contribution in [2.24, 2.45) is 4.99 Å². The Bertz CT molecular complexity index is 793. The zero-order valence-electron chi connectivity index (χ0n) is 15.5. The van der Waals surface area contributed by atoms with Gasteiger partial charge in [-0.1, -0.05) is 37.7 Å². The van der Waals surface area contributed by atoms with Crippen LogP contribution in [0.3, 0.4) is 0 Å². The number of thioether (sulfide) groups is 1. The van der Waals surface area contributed by atoms with E-state index in [1.807, 2.05) is 17.0 Å². The van der Waals surface area contributed by atoms with E-state index in [0.717, 1.165) is 29.4 Å². The summed E-state index contributed by atoms with van der Waals surface area (Å²) in [6.07, 6.45) is 1.97. The average molecular weight is 451 g/mol. The van der Waals surface area contributed by atoms with Gasteiger partial charge in [0.15, 0.2) is 11.0 Å². The van der Waals surface area contributed by atoms with Crippen LogP contribution in [0.15, 0.2) is 53.5 Å². The summed E-state index contributed by atoms with van der Waals surface area (Å²) in [6.45, 7) is 4.44. The highest BCUT2D eigenvalue weighted by Crippen LogP contribution is 2.27. The van der Waals surface area contributed by atoms with Gasteiger partial charge in [-0.2, -0.15) is 0 Å². The molecule has 0 radical (unpaired) electrons. The van der Waals surface area contributed by atoms with Crippen LogP contribution in [-0.4, -0.2) is 29.3 Å². The third-order valence-corrected chi connectivity index (χ3v) is 5.66. The lowest BCUT2D eigenvalue weighted by atomic mass is 10.1. The number of aliphatic imine (C=N–C) groups is 1. The Balaban J connectivity index is 0.00000261. The highest BCUT2D eigenvalue weighted by atomic mass is 79.9. The summed E-state index contributed by atoms with van der Waals surface area (Å²) in [7, 11) is 0. The fourth-order valence-corrected chi connectivity index (χ4v) is 4.01. The first kappa shape index (κ1) is 21.6. The number of halogens is 2. The van der Waals surface area contributed by atoms with Crippen LogP contribution in [0.25, 0.3) is 0 Å². The second kappa shape index (κ2) is 10.0. The van der Waals surface area contributed by atoms with Crippen molar-refractivity contribution in [1.82, 2.24) is 0 Å². The Labute approximate surface area is 174 Å². The molecule has 0 saturated heterocycles. The lowest BCUT2D eigenvalue weighted by Gasteiger charge is -2.23. The molecule has 2 aromatic carbocycles. The van der Waals surface area contributed by atoms with Crippen LogP contribution in [0.2, 0.25) is 0 Å². The number of ketones is 1. The van der Waals surface area contributed by atoms with Gasteiger partial charge in [-0.15, -0.1) is 17.0 Å². The van der Waals surface area contributed by atoms with E-state index in [-0.39, 0.29) is 35.1 Å². The van der Waals surface area contributed by atoms with Crippen molar-refractivity contribution in [3.63, 3.8) is 0 Å². The molecule has 27 heavy (non-hydrogen) atoms. The minimum Gasteiger partial charge on any atom is -0.313 e. The van der Waals surface area contributed by atoms with Crippen LogP contribution in [0.5, 0.6) is 0 Å². The van der Waals surface area contributed by atoms with Gasteiger partial charge >= 0.3 is 0 Å².